The van der Waals surface area contributed by atoms with Gasteiger partial charge in [-0.05, 0) is 17.7 Å². The van der Waals surface area contributed by atoms with Crippen molar-refractivity contribution in [1.82, 2.24) is 9.62 Å². The maximum absolute atomic E-state index is 12.6. The molecule has 0 aromatic heterocycles. The lowest BCUT2D eigenvalue weighted by atomic mass is 9.94. The van der Waals surface area contributed by atoms with E-state index in [2.05, 4.69) is 5.32 Å². The van der Waals surface area contributed by atoms with Crippen LogP contribution in [0.2, 0.25) is 10.0 Å². The highest BCUT2D eigenvalue weighted by Crippen LogP contribution is 2.33. The van der Waals surface area contributed by atoms with Crippen molar-refractivity contribution >= 4 is 39.1 Å². The molecule has 1 amide bonds. The summed E-state index contributed by atoms with van der Waals surface area (Å²) in [6.07, 6.45) is 0.390. The summed E-state index contributed by atoms with van der Waals surface area (Å²) in [6, 6.07) is 4.99. The van der Waals surface area contributed by atoms with E-state index < -0.39 is 28.0 Å². The molecule has 1 N–H and O–H groups in total. The van der Waals surface area contributed by atoms with Gasteiger partial charge in [0.1, 0.15) is 0 Å². The third-order valence-corrected chi connectivity index (χ3v) is 5.62. The van der Waals surface area contributed by atoms with Crippen molar-refractivity contribution in [1.29, 1.82) is 0 Å². The average molecular weight is 381 g/mol. The average Bonchev–Trinajstić information content (AvgIpc) is 2.73. The minimum atomic E-state index is -3.63. The lowest BCUT2D eigenvalue weighted by Gasteiger charge is -2.27. The highest BCUT2D eigenvalue weighted by atomic mass is 35.5. The molecule has 6 nitrogen and oxygen atoms in total. The zero-order chi connectivity index (χ0) is 17.2. The molecule has 0 unspecified atom stereocenters. The molecule has 1 fully saturated rings. The molecular weight excluding hydrogens is 363 g/mol. The molecule has 1 aromatic rings. The highest BCUT2D eigenvalue weighted by Gasteiger charge is 2.36. The Bertz CT molecular complexity index is 696. The van der Waals surface area contributed by atoms with Crippen LogP contribution in [-0.4, -0.2) is 51.6 Å². The van der Waals surface area contributed by atoms with Gasteiger partial charge in [0.05, 0.1) is 34.9 Å². The number of amides is 1. The Morgan fingerprint density at radius 3 is 2.65 bits per heavy atom. The van der Waals surface area contributed by atoms with Gasteiger partial charge in [0.15, 0.2) is 0 Å². The molecule has 1 aliphatic heterocycles. The van der Waals surface area contributed by atoms with Gasteiger partial charge in [-0.2, -0.15) is 0 Å². The van der Waals surface area contributed by atoms with Crippen molar-refractivity contribution < 1.29 is 17.9 Å². The van der Waals surface area contributed by atoms with Crippen molar-refractivity contribution in [3.05, 3.63) is 33.8 Å². The van der Waals surface area contributed by atoms with Crippen LogP contribution >= 0.6 is 23.2 Å². The molecule has 2 atom stereocenters. The minimum Gasteiger partial charge on any atom is -0.371 e. The smallest absolute Gasteiger partial charge is 0.243 e. The van der Waals surface area contributed by atoms with E-state index in [1.54, 1.807) is 18.2 Å². The summed E-state index contributed by atoms with van der Waals surface area (Å²) in [6.45, 7) is 1.28. The van der Waals surface area contributed by atoms with Crippen LogP contribution in [-0.2, 0) is 19.6 Å². The molecule has 128 valence electrons. The summed E-state index contributed by atoms with van der Waals surface area (Å²) < 4.78 is 29.8. The first-order valence-corrected chi connectivity index (χ1v) is 9.57. The number of rotatable bonds is 3. The molecule has 1 aliphatic rings. The summed E-state index contributed by atoms with van der Waals surface area (Å²) >= 11 is 12.0. The van der Waals surface area contributed by atoms with Crippen LogP contribution in [0, 0.1) is 5.92 Å². The van der Waals surface area contributed by atoms with Crippen molar-refractivity contribution in [2.75, 3.05) is 33.0 Å². The Morgan fingerprint density at radius 1 is 1.35 bits per heavy atom. The summed E-state index contributed by atoms with van der Waals surface area (Å²) in [5, 5.41) is 3.84. The predicted molar refractivity (Wildman–Crippen MR) is 89.1 cm³/mol. The van der Waals surface area contributed by atoms with E-state index in [4.69, 9.17) is 27.9 Å². The van der Waals surface area contributed by atoms with E-state index in [9.17, 15) is 13.2 Å². The number of carbonyl (C=O) groups is 1. The fourth-order valence-corrected chi connectivity index (χ4v) is 3.14. The number of sulfonamides is 1. The molecule has 23 heavy (non-hydrogen) atoms. The Balaban J connectivity index is 2.37. The molecular formula is C14H18Cl2N2O4S. The monoisotopic (exact) mass is 380 g/mol. The highest BCUT2D eigenvalue weighted by molar-refractivity contribution is 7.88. The van der Waals surface area contributed by atoms with Gasteiger partial charge >= 0.3 is 0 Å². The third-order valence-electron chi connectivity index (χ3n) is 3.70. The summed E-state index contributed by atoms with van der Waals surface area (Å²) in [4.78, 5) is 12.6. The van der Waals surface area contributed by atoms with E-state index >= 15 is 0 Å². The van der Waals surface area contributed by atoms with Crippen LogP contribution in [0.25, 0.3) is 0 Å². The van der Waals surface area contributed by atoms with Gasteiger partial charge in [-0.15, -0.1) is 0 Å². The van der Waals surface area contributed by atoms with Gasteiger partial charge in [0.25, 0.3) is 0 Å². The molecule has 1 saturated heterocycles. The molecule has 9 heteroatoms. The standard InChI is InChI=1S/C14H18Cl2N2O4S/c1-18(23(2,20)21)14(19)10-8-17-5-6-22-13(10)9-3-4-11(15)12(16)7-9/h3-4,7,10,13,17H,5-6,8H2,1-2H3/t10-,13+/m1/s1. The Hall–Kier alpha value is -0.860. The number of hydrogen-bond donors (Lipinski definition) is 1. The molecule has 2 rings (SSSR count). The Kier molecular flexibility index (Phi) is 5.91. The SMILES string of the molecule is CN(C(=O)[C@@H]1CNCCO[C@H]1c1ccc(Cl)c(Cl)c1)S(C)(=O)=O. The van der Waals surface area contributed by atoms with Crippen LogP contribution in [0.3, 0.4) is 0 Å². The zero-order valence-electron chi connectivity index (χ0n) is 12.8. The number of nitrogens with zero attached hydrogens (tertiary/aromatic N) is 1. The van der Waals surface area contributed by atoms with Gasteiger partial charge < -0.3 is 10.1 Å². The largest absolute Gasteiger partial charge is 0.371 e. The van der Waals surface area contributed by atoms with Crippen molar-refractivity contribution in [2.45, 2.75) is 6.10 Å². The second kappa shape index (κ2) is 7.36. The van der Waals surface area contributed by atoms with Gasteiger partial charge in [-0.25, -0.2) is 12.7 Å². The topological polar surface area (TPSA) is 75.7 Å². The first-order chi connectivity index (χ1) is 10.7. The van der Waals surface area contributed by atoms with Crippen LogP contribution in [0.4, 0.5) is 0 Å². The first kappa shape index (κ1) is 18.5. The fraction of sp³-hybridized carbons (Fsp3) is 0.500. The van der Waals surface area contributed by atoms with Crippen LogP contribution in [0.5, 0.6) is 0 Å². The van der Waals surface area contributed by atoms with E-state index in [1.165, 1.54) is 7.05 Å². The van der Waals surface area contributed by atoms with Gasteiger partial charge in [-0.3, -0.25) is 4.79 Å². The lowest BCUT2D eigenvalue weighted by molar-refractivity contribution is -0.134. The maximum Gasteiger partial charge on any atom is 0.243 e. The normalized spacial score (nSPS) is 22.4. The number of benzene rings is 1. The second-order valence-corrected chi connectivity index (χ2v) is 8.17. The molecule has 0 spiro atoms. The van der Waals surface area contributed by atoms with Crippen LogP contribution in [0.1, 0.15) is 11.7 Å². The van der Waals surface area contributed by atoms with Gasteiger partial charge in [0.2, 0.25) is 15.9 Å². The molecule has 1 heterocycles. The first-order valence-electron chi connectivity index (χ1n) is 6.97. The van der Waals surface area contributed by atoms with Crippen LogP contribution < -0.4 is 5.32 Å². The van der Waals surface area contributed by atoms with Gasteiger partial charge in [0, 0.05) is 20.1 Å². The quantitative estimate of drug-likeness (QED) is 0.863. The summed E-state index contributed by atoms with van der Waals surface area (Å²) in [5.41, 5.74) is 0.684. The molecule has 0 saturated carbocycles. The Labute approximate surface area is 145 Å². The van der Waals surface area contributed by atoms with Crippen molar-refractivity contribution in [3.63, 3.8) is 0 Å². The number of hydrogen-bond acceptors (Lipinski definition) is 5. The Morgan fingerprint density at radius 2 is 2.04 bits per heavy atom. The second-order valence-electron chi connectivity index (χ2n) is 5.34. The maximum atomic E-state index is 12.6. The zero-order valence-corrected chi connectivity index (χ0v) is 15.1. The van der Waals surface area contributed by atoms with Gasteiger partial charge in [-0.1, -0.05) is 29.3 Å². The summed E-state index contributed by atoms with van der Waals surface area (Å²) in [7, 11) is -2.39. The third kappa shape index (κ3) is 4.36. The van der Waals surface area contributed by atoms with Crippen molar-refractivity contribution in [3.8, 4) is 0 Å². The fourth-order valence-electron chi connectivity index (χ4n) is 2.37. The lowest BCUT2D eigenvalue weighted by Crippen LogP contribution is -2.42. The number of ether oxygens (including phenoxy) is 1. The van der Waals surface area contributed by atoms with E-state index in [0.29, 0.717) is 35.3 Å². The van der Waals surface area contributed by atoms with E-state index in [1.807, 2.05) is 0 Å². The van der Waals surface area contributed by atoms with E-state index in [0.717, 1.165) is 10.6 Å². The predicted octanol–water partition coefficient (Wildman–Crippen LogP) is 1.69. The molecule has 1 aromatic carbocycles. The number of nitrogens with one attached hydrogen (secondary N) is 1. The van der Waals surface area contributed by atoms with Crippen molar-refractivity contribution in [2.24, 2.45) is 5.92 Å². The van der Waals surface area contributed by atoms with Crippen LogP contribution in [0.15, 0.2) is 18.2 Å². The summed E-state index contributed by atoms with van der Waals surface area (Å²) in [5.74, 6) is -1.22. The van der Waals surface area contributed by atoms with E-state index in [-0.39, 0.29) is 0 Å². The number of carbonyl (C=O) groups excluding carboxylic acids is 1. The minimum absolute atomic E-state index is 0.309. The molecule has 0 aliphatic carbocycles. The number of halogens is 2. The molecule has 0 bridgehead atoms. The molecule has 0 radical (unpaired) electrons.